The van der Waals surface area contributed by atoms with Crippen molar-refractivity contribution < 1.29 is 42.4 Å². The van der Waals surface area contributed by atoms with Gasteiger partial charge < -0.3 is 25.2 Å². The van der Waals surface area contributed by atoms with Gasteiger partial charge in [0.25, 0.3) is 0 Å². The van der Waals surface area contributed by atoms with E-state index in [1.165, 1.54) is 0 Å². The molecule has 0 spiro atoms. The monoisotopic (exact) mass is 389 g/mol. The Bertz CT molecular complexity index is 525. The fourth-order valence-corrected chi connectivity index (χ4v) is 3.40. The third-order valence-electron chi connectivity index (χ3n) is 3.55. The van der Waals surface area contributed by atoms with E-state index in [0.29, 0.717) is 0 Å². The molecule has 0 aromatic rings. The Morgan fingerprint density at radius 3 is 2.42 bits per heavy atom. The summed E-state index contributed by atoms with van der Waals surface area (Å²) in [6, 6.07) is 0. The van der Waals surface area contributed by atoms with Gasteiger partial charge in [-0.3, -0.25) is 4.55 Å². The van der Waals surface area contributed by atoms with Gasteiger partial charge >= 0.3 is 10.4 Å². The van der Waals surface area contributed by atoms with E-state index < -0.39 is 46.9 Å². The minimum atomic E-state index is -4.78. The highest BCUT2D eigenvalue weighted by molar-refractivity contribution is 8.14. The van der Waals surface area contributed by atoms with Gasteiger partial charge in [-0.2, -0.15) is 8.42 Å². The number of oxime groups is 1. The maximum atomic E-state index is 10.7. The van der Waals surface area contributed by atoms with Gasteiger partial charge in [-0.15, -0.1) is 0 Å². The summed E-state index contributed by atoms with van der Waals surface area (Å²) < 4.78 is 39.3. The largest absolute Gasteiger partial charge is 0.466 e. The number of aliphatic hydroxyl groups excluding tert-OH is 4. The van der Waals surface area contributed by atoms with Crippen LogP contribution in [0.5, 0.6) is 0 Å². The van der Waals surface area contributed by atoms with Gasteiger partial charge in [0.2, 0.25) is 0 Å². The summed E-state index contributed by atoms with van der Waals surface area (Å²) in [6.45, 7) is 3.20. The molecule has 0 aliphatic carbocycles. The lowest BCUT2D eigenvalue weighted by Crippen LogP contribution is -2.57. The lowest BCUT2D eigenvalue weighted by molar-refractivity contribution is -0.205. The van der Waals surface area contributed by atoms with Crippen molar-refractivity contribution in [3.05, 3.63) is 0 Å². The minimum absolute atomic E-state index is 0.0890. The third-order valence-corrected chi connectivity index (χ3v) is 4.95. The standard InChI is InChI=1S/C12H23NO9S2/c1-3-6(2)4-8(13-22-24(18,19)20)23-12-11(17)10(16)9(15)7(5-14)21-12/h6-7,9-12,14-17H,3-5H2,1-2H3,(H,18,19,20)/b13-8-/t6-,7+,9+,10-,11+,12-/m0/s1. The first-order chi connectivity index (χ1) is 11.1. The third kappa shape index (κ3) is 6.44. The predicted molar refractivity (Wildman–Crippen MR) is 85.5 cm³/mol. The topological polar surface area (TPSA) is 166 Å². The summed E-state index contributed by atoms with van der Waals surface area (Å²) in [6.07, 6.45) is -4.62. The number of nitrogens with zero attached hydrogens (tertiary/aromatic N) is 1. The van der Waals surface area contributed by atoms with Crippen molar-refractivity contribution in [1.29, 1.82) is 0 Å². The van der Waals surface area contributed by atoms with E-state index in [-0.39, 0.29) is 17.4 Å². The van der Waals surface area contributed by atoms with Crippen LogP contribution in [0.15, 0.2) is 5.16 Å². The molecule has 0 amide bonds. The quantitative estimate of drug-likeness (QED) is 0.159. The fourth-order valence-electron chi connectivity index (χ4n) is 1.94. The minimum Gasteiger partial charge on any atom is -0.394 e. The van der Waals surface area contributed by atoms with E-state index in [4.69, 9.17) is 14.4 Å². The molecule has 5 N–H and O–H groups in total. The molecular weight excluding hydrogens is 366 g/mol. The molecule has 24 heavy (non-hydrogen) atoms. The van der Waals surface area contributed by atoms with Gasteiger partial charge in [-0.05, 0) is 5.92 Å². The first-order valence-electron chi connectivity index (χ1n) is 7.29. The van der Waals surface area contributed by atoms with E-state index in [2.05, 4.69) is 9.44 Å². The van der Waals surface area contributed by atoms with Crippen LogP contribution >= 0.6 is 11.8 Å². The highest BCUT2D eigenvalue weighted by atomic mass is 32.3. The molecule has 1 aliphatic heterocycles. The van der Waals surface area contributed by atoms with E-state index in [1.54, 1.807) is 0 Å². The molecule has 0 aromatic carbocycles. The second-order valence-electron chi connectivity index (χ2n) is 5.52. The Morgan fingerprint density at radius 2 is 1.92 bits per heavy atom. The lowest BCUT2D eigenvalue weighted by Gasteiger charge is -2.39. The van der Waals surface area contributed by atoms with E-state index >= 15 is 0 Å². The average molecular weight is 389 g/mol. The van der Waals surface area contributed by atoms with Gasteiger partial charge in [0.15, 0.2) is 0 Å². The molecule has 0 bridgehead atoms. The second kappa shape index (κ2) is 9.29. The average Bonchev–Trinajstić information content (AvgIpc) is 2.52. The number of aliphatic hydroxyl groups is 4. The number of hydrogen-bond donors (Lipinski definition) is 5. The van der Waals surface area contributed by atoms with E-state index in [9.17, 15) is 23.7 Å². The SMILES string of the molecule is CC[C@H](C)C/C(=N/OS(=O)(=O)O)S[C@@H]1O[C@H](CO)[C@@H](O)[C@H](O)[C@H]1O. The van der Waals surface area contributed by atoms with Gasteiger partial charge in [0.05, 0.1) is 6.61 Å². The zero-order valence-electron chi connectivity index (χ0n) is 13.2. The van der Waals surface area contributed by atoms with Crippen LogP contribution in [0, 0.1) is 5.92 Å². The molecule has 1 rings (SSSR count). The Labute approximate surface area is 144 Å². The van der Waals surface area contributed by atoms with Gasteiger partial charge in [0.1, 0.15) is 34.9 Å². The molecule has 0 unspecified atom stereocenters. The van der Waals surface area contributed by atoms with Crippen LogP contribution in [0.25, 0.3) is 0 Å². The zero-order valence-corrected chi connectivity index (χ0v) is 14.9. The summed E-state index contributed by atoms with van der Waals surface area (Å²) in [5.41, 5.74) is -1.12. The highest BCUT2D eigenvalue weighted by Crippen LogP contribution is 2.31. The van der Waals surface area contributed by atoms with Crippen LogP contribution in [-0.2, 0) is 19.4 Å². The molecule has 6 atom stereocenters. The smallest absolute Gasteiger partial charge is 0.394 e. The van der Waals surface area contributed by atoms with Crippen molar-refractivity contribution in [1.82, 2.24) is 0 Å². The van der Waals surface area contributed by atoms with Crippen LogP contribution in [0.1, 0.15) is 26.7 Å². The molecule has 10 nitrogen and oxygen atoms in total. The number of thioether (sulfide) groups is 1. The predicted octanol–water partition coefficient (Wildman–Crippen LogP) is -0.911. The molecular formula is C12H23NO9S2. The van der Waals surface area contributed by atoms with Crippen molar-refractivity contribution in [3.63, 3.8) is 0 Å². The van der Waals surface area contributed by atoms with Gasteiger partial charge in [-0.1, -0.05) is 37.2 Å². The summed E-state index contributed by atoms with van der Waals surface area (Å²) in [7, 11) is -4.78. The molecule has 12 heteroatoms. The zero-order chi connectivity index (χ0) is 18.5. The van der Waals surface area contributed by atoms with Crippen LogP contribution in [0.4, 0.5) is 0 Å². The number of rotatable bonds is 7. The Kier molecular flexibility index (Phi) is 8.35. The lowest BCUT2D eigenvalue weighted by atomic mass is 10.0. The van der Waals surface area contributed by atoms with Crippen LogP contribution in [-0.4, -0.2) is 74.9 Å². The van der Waals surface area contributed by atoms with Gasteiger partial charge in [0, 0.05) is 6.42 Å². The Balaban J connectivity index is 2.91. The molecule has 142 valence electrons. The molecule has 0 saturated carbocycles. The summed E-state index contributed by atoms with van der Waals surface area (Å²) in [4.78, 5) is 0. The summed E-state index contributed by atoms with van der Waals surface area (Å²) >= 11 is 0.778. The second-order valence-corrected chi connectivity index (χ2v) is 7.70. The molecule has 1 fully saturated rings. The maximum Gasteiger partial charge on any atom is 0.466 e. The fraction of sp³-hybridized carbons (Fsp3) is 0.917. The first kappa shape index (κ1) is 21.6. The van der Waals surface area contributed by atoms with Crippen molar-refractivity contribution in [2.75, 3.05) is 6.61 Å². The van der Waals surface area contributed by atoms with Crippen molar-refractivity contribution in [3.8, 4) is 0 Å². The number of hydrogen-bond acceptors (Lipinski definition) is 10. The molecule has 1 saturated heterocycles. The van der Waals surface area contributed by atoms with E-state index in [0.717, 1.165) is 18.2 Å². The molecule has 0 radical (unpaired) electrons. The molecule has 1 heterocycles. The molecule has 0 aromatic heterocycles. The molecule has 1 aliphatic rings. The maximum absolute atomic E-state index is 10.7. The van der Waals surface area contributed by atoms with Crippen molar-refractivity contribution in [2.24, 2.45) is 11.1 Å². The van der Waals surface area contributed by atoms with Crippen LogP contribution in [0.3, 0.4) is 0 Å². The van der Waals surface area contributed by atoms with Gasteiger partial charge in [-0.25, -0.2) is 4.28 Å². The van der Waals surface area contributed by atoms with E-state index in [1.807, 2.05) is 13.8 Å². The highest BCUT2D eigenvalue weighted by Gasteiger charge is 2.44. The normalized spacial score (nSPS) is 33.3. The number of ether oxygens (including phenoxy) is 1. The summed E-state index contributed by atoms with van der Waals surface area (Å²) in [5.74, 6) is 0.0890. The Hall–Kier alpha value is -0.470. The van der Waals surface area contributed by atoms with Crippen molar-refractivity contribution >= 4 is 27.2 Å². The Morgan fingerprint density at radius 1 is 1.29 bits per heavy atom. The first-order valence-corrected chi connectivity index (χ1v) is 9.53. The van der Waals surface area contributed by atoms with Crippen LogP contribution in [0.2, 0.25) is 0 Å². The van der Waals surface area contributed by atoms with Crippen LogP contribution < -0.4 is 0 Å². The van der Waals surface area contributed by atoms with Crippen molar-refractivity contribution in [2.45, 2.75) is 56.5 Å². The summed E-state index contributed by atoms with van der Waals surface area (Å²) in [5, 5.41) is 42.1.